The predicted octanol–water partition coefficient (Wildman–Crippen LogP) is 0.748. The van der Waals surface area contributed by atoms with Gasteiger partial charge in [-0.25, -0.2) is 9.59 Å². The molecule has 0 radical (unpaired) electrons. The minimum absolute atomic E-state index is 0.0470. The Morgan fingerprint density at radius 2 is 1.89 bits per heavy atom. The molecule has 0 bridgehead atoms. The molecule has 2 N–H and O–H groups in total. The third kappa shape index (κ3) is 3.00. The molecule has 6 nitrogen and oxygen atoms in total. The van der Waals surface area contributed by atoms with Crippen molar-refractivity contribution in [3.8, 4) is 0 Å². The lowest BCUT2D eigenvalue weighted by Crippen LogP contribution is -2.56. The average Bonchev–Trinajstić information content (AvgIpc) is 2.41. The van der Waals surface area contributed by atoms with E-state index >= 15 is 0 Å². The first kappa shape index (κ1) is 14.1. The van der Waals surface area contributed by atoms with Gasteiger partial charge < -0.3 is 20.0 Å². The predicted molar refractivity (Wildman–Crippen MR) is 68.7 cm³/mol. The van der Waals surface area contributed by atoms with E-state index < -0.39 is 12.0 Å². The van der Waals surface area contributed by atoms with Crippen molar-refractivity contribution in [2.24, 2.45) is 5.92 Å². The number of hydrogen-bond donors (Lipinski definition) is 2. The Bertz CT molecular complexity index is 361. The number of urea groups is 1. The maximum Gasteiger partial charge on any atom is 0.326 e. The van der Waals surface area contributed by atoms with Gasteiger partial charge >= 0.3 is 12.0 Å². The largest absolute Gasteiger partial charge is 0.480 e. The number of likely N-dealkylation sites (tertiary alicyclic amines) is 2. The van der Waals surface area contributed by atoms with Gasteiger partial charge in [-0.2, -0.15) is 0 Å². The first-order valence-corrected chi connectivity index (χ1v) is 6.97. The fourth-order valence-corrected chi connectivity index (χ4v) is 2.91. The fraction of sp³-hybridized carbons (Fsp3) is 0.846. The number of aliphatic hydroxyl groups is 1. The molecule has 0 aliphatic carbocycles. The van der Waals surface area contributed by atoms with E-state index in [2.05, 4.69) is 0 Å². The van der Waals surface area contributed by atoms with Gasteiger partial charge in [0.05, 0.1) is 6.10 Å². The van der Waals surface area contributed by atoms with Crippen LogP contribution in [0.2, 0.25) is 0 Å². The number of carboxylic acid groups (broad SMARTS) is 1. The molecule has 0 spiro atoms. The van der Waals surface area contributed by atoms with Gasteiger partial charge in [0.15, 0.2) is 0 Å². The lowest BCUT2D eigenvalue weighted by molar-refractivity contribution is -0.143. The first-order valence-electron chi connectivity index (χ1n) is 6.97. The lowest BCUT2D eigenvalue weighted by Gasteiger charge is -2.40. The standard InChI is InChI=1S/C13H22N2O4/c1-9-8-14(7-5-11(9)16)13(19)15-6-3-2-4-10(15)12(17)18/h9-11,16H,2-8H2,1H3,(H,17,18). The number of carbonyl (C=O) groups is 2. The van der Waals surface area contributed by atoms with Gasteiger partial charge in [0.1, 0.15) is 6.04 Å². The van der Waals surface area contributed by atoms with Gasteiger partial charge in [0.25, 0.3) is 0 Å². The second-order valence-electron chi connectivity index (χ2n) is 5.61. The Morgan fingerprint density at radius 1 is 1.16 bits per heavy atom. The summed E-state index contributed by atoms with van der Waals surface area (Å²) in [6.45, 7) is 3.44. The van der Waals surface area contributed by atoms with Crippen molar-refractivity contribution in [3.05, 3.63) is 0 Å². The topological polar surface area (TPSA) is 81.1 Å². The van der Waals surface area contributed by atoms with Crippen molar-refractivity contribution >= 4 is 12.0 Å². The van der Waals surface area contributed by atoms with Gasteiger partial charge in [0, 0.05) is 19.6 Å². The van der Waals surface area contributed by atoms with Crippen molar-refractivity contribution in [2.45, 2.75) is 44.8 Å². The molecule has 2 heterocycles. The van der Waals surface area contributed by atoms with Gasteiger partial charge in [-0.15, -0.1) is 0 Å². The summed E-state index contributed by atoms with van der Waals surface area (Å²) < 4.78 is 0. The van der Waals surface area contributed by atoms with E-state index in [9.17, 15) is 19.8 Å². The van der Waals surface area contributed by atoms with Crippen LogP contribution in [0.3, 0.4) is 0 Å². The van der Waals surface area contributed by atoms with Crippen LogP contribution in [-0.2, 0) is 4.79 Å². The number of amides is 2. The summed E-state index contributed by atoms with van der Waals surface area (Å²) in [5, 5.41) is 18.9. The zero-order chi connectivity index (χ0) is 14.0. The normalized spacial score (nSPS) is 32.2. The third-order valence-corrected chi connectivity index (χ3v) is 4.16. The van der Waals surface area contributed by atoms with E-state index in [4.69, 9.17) is 0 Å². The molecule has 0 aromatic carbocycles. The van der Waals surface area contributed by atoms with Crippen LogP contribution in [-0.4, -0.2) is 63.8 Å². The molecule has 6 heteroatoms. The number of nitrogens with zero attached hydrogens (tertiary/aromatic N) is 2. The van der Waals surface area contributed by atoms with Crippen molar-refractivity contribution < 1.29 is 19.8 Å². The summed E-state index contributed by atoms with van der Waals surface area (Å²) in [4.78, 5) is 26.8. The zero-order valence-electron chi connectivity index (χ0n) is 11.3. The van der Waals surface area contributed by atoms with Gasteiger partial charge in [-0.1, -0.05) is 6.92 Å². The van der Waals surface area contributed by atoms with Crippen molar-refractivity contribution in [1.29, 1.82) is 0 Å². The quantitative estimate of drug-likeness (QED) is 0.736. The van der Waals surface area contributed by atoms with Gasteiger partial charge in [-0.3, -0.25) is 0 Å². The van der Waals surface area contributed by atoms with Crippen molar-refractivity contribution in [1.82, 2.24) is 9.80 Å². The minimum Gasteiger partial charge on any atom is -0.480 e. The van der Waals surface area contributed by atoms with Crippen LogP contribution >= 0.6 is 0 Å². The molecule has 0 aromatic rings. The van der Waals surface area contributed by atoms with Crippen LogP contribution in [0.4, 0.5) is 4.79 Å². The van der Waals surface area contributed by atoms with Crippen LogP contribution in [0.15, 0.2) is 0 Å². The third-order valence-electron chi connectivity index (χ3n) is 4.16. The first-order chi connectivity index (χ1) is 9.00. The van der Waals surface area contributed by atoms with E-state index in [1.54, 1.807) is 4.90 Å². The van der Waals surface area contributed by atoms with Crippen LogP contribution in [0.5, 0.6) is 0 Å². The molecule has 19 heavy (non-hydrogen) atoms. The van der Waals surface area contributed by atoms with Crippen LogP contribution in [0.25, 0.3) is 0 Å². The monoisotopic (exact) mass is 270 g/mol. The Hall–Kier alpha value is -1.30. The van der Waals surface area contributed by atoms with Crippen LogP contribution < -0.4 is 0 Å². The van der Waals surface area contributed by atoms with E-state index in [0.717, 1.165) is 12.8 Å². The average molecular weight is 270 g/mol. The number of piperidine rings is 2. The molecule has 2 aliphatic rings. The summed E-state index contributed by atoms with van der Waals surface area (Å²) in [5.74, 6) is -0.871. The maximum absolute atomic E-state index is 12.4. The Labute approximate surface area is 113 Å². The molecular formula is C13H22N2O4. The SMILES string of the molecule is CC1CN(C(=O)N2CCCCC2C(=O)O)CCC1O. The Kier molecular flexibility index (Phi) is 4.29. The number of aliphatic hydroxyl groups excluding tert-OH is 1. The van der Waals surface area contributed by atoms with E-state index in [0.29, 0.717) is 32.5 Å². The summed E-state index contributed by atoms with van der Waals surface area (Å²) in [6.07, 6.45) is 2.46. The molecule has 2 saturated heterocycles. The fourth-order valence-electron chi connectivity index (χ4n) is 2.91. The Morgan fingerprint density at radius 3 is 2.53 bits per heavy atom. The Balaban J connectivity index is 2.03. The molecule has 0 aromatic heterocycles. The van der Waals surface area contributed by atoms with Crippen molar-refractivity contribution in [2.75, 3.05) is 19.6 Å². The second kappa shape index (κ2) is 5.77. The summed E-state index contributed by atoms with van der Waals surface area (Å²) in [5.41, 5.74) is 0. The zero-order valence-corrected chi connectivity index (χ0v) is 11.3. The molecule has 0 saturated carbocycles. The highest BCUT2D eigenvalue weighted by molar-refractivity contribution is 5.83. The molecular weight excluding hydrogens is 248 g/mol. The molecule has 2 amide bonds. The number of carboxylic acids is 1. The molecule has 3 atom stereocenters. The summed E-state index contributed by atoms with van der Waals surface area (Å²) in [7, 11) is 0. The van der Waals surface area contributed by atoms with Gasteiger partial charge in [0.2, 0.25) is 0 Å². The number of rotatable bonds is 1. The minimum atomic E-state index is -0.918. The van der Waals surface area contributed by atoms with Crippen LogP contribution in [0.1, 0.15) is 32.6 Å². The highest BCUT2D eigenvalue weighted by Gasteiger charge is 2.36. The molecule has 108 valence electrons. The smallest absolute Gasteiger partial charge is 0.326 e. The van der Waals surface area contributed by atoms with Gasteiger partial charge in [-0.05, 0) is 31.6 Å². The summed E-state index contributed by atoms with van der Waals surface area (Å²) >= 11 is 0. The second-order valence-corrected chi connectivity index (χ2v) is 5.61. The maximum atomic E-state index is 12.4. The number of aliphatic carboxylic acids is 1. The number of hydrogen-bond acceptors (Lipinski definition) is 3. The molecule has 3 unspecified atom stereocenters. The highest BCUT2D eigenvalue weighted by atomic mass is 16.4. The molecule has 2 rings (SSSR count). The van der Waals surface area contributed by atoms with E-state index in [1.165, 1.54) is 4.90 Å². The summed E-state index contributed by atoms with van der Waals surface area (Å²) in [6, 6.07) is -0.880. The van der Waals surface area contributed by atoms with Crippen molar-refractivity contribution in [3.63, 3.8) is 0 Å². The highest BCUT2D eigenvalue weighted by Crippen LogP contribution is 2.22. The number of carbonyl (C=O) groups excluding carboxylic acids is 1. The van der Waals surface area contributed by atoms with Crippen LogP contribution in [0, 0.1) is 5.92 Å². The molecule has 2 aliphatic heterocycles. The van der Waals surface area contributed by atoms with E-state index in [-0.39, 0.29) is 18.1 Å². The lowest BCUT2D eigenvalue weighted by atomic mass is 9.96. The van der Waals surface area contributed by atoms with E-state index in [1.807, 2.05) is 6.92 Å². The molecule has 2 fully saturated rings.